The third-order valence-electron chi connectivity index (χ3n) is 2.93. The van der Waals surface area contributed by atoms with Crippen LogP contribution < -0.4 is 0 Å². The molecule has 1 aliphatic rings. The number of benzene rings is 2. The van der Waals surface area contributed by atoms with Crippen LogP contribution in [0.4, 0.5) is 0 Å². The molecule has 1 N–H and O–H groups in total. The minimum absolute atomic E-state index is 0.00155. The first-order chi connectivity index (χ1) is 10.1. The molecule has 0 spiro atoms. The smallest absolute Gasteiger partial charge is 0.348 e. The maximum atomic E-state index is 11.8. The number of fused-ring (bicyclic) bond motifs is 1. The molecule has 0 atom stereocenters. The molecule has 104 valence electrons. The van der Waals surface area contributed by atoms with Gasteiger partial charge in [0.1, 0.15) is 0 Å². The highest BCUT2D eigenvalue weighted by molar-refractivity contribution is 7.99. The van der Waals surface area contributed by atoms with Gasteiger partial charge in [-0.05, 0) is 24.3 Å². The van der Waals surface area contributed by atoms with Crippen molar-refractivity contribution in [2.75, 3.05) is 0 Å². The number of carbonyl (C=O) groups is 3. The van der Waals surface area contributed by atoms with Gasteiger partial charge in [-0.1, -0.05) is 30.0 Å². The first kappa shape index (κ1) is 13.4. The molecule has 0 aliphatic carbocycles. The molecular formula is C15H8O5S. The molecule has 0 unspecified atom stereocenters. The number of carbonyl (C=O) groups excluding carboxylic acids is 2. The largest absolute Gasteiger partial charge is 0.478 e. The van der Waals surface area contributed by atoms with E-state index < -0.39 is 17.9 Å². The van der Waals surface area contributed by atoms with Crippen molar-refractivity contribution in [1.82, 2.24) is 0 Å². The van der Waals surface area contributed by atoms with Crippen molar-refractivity contribution in [2.45, 2.75) is 9.79 Å². The van der Waals surface area contributed by atoms with E-state index in [4.69, 9.17) is 5.11 Å². The number of carboxylic acid groups (broad SMARTS) is 1. The third kappa shape index (κ3) is 2.41. The Morgan fingerprint density at radius 1 is 1.05 bits per heavy atom. The highest BCUT2D eigenvalue weighted by Crippen LogP contribution is 2.36. The predicted molar refractivity (Wildman–Crippen MR) is 73.7 cm³/mol. The Morgan fingerprint density at radius 2 is 1.76 bits per heavy atom. The Morgan fingerprint density at radius 3 is 2.43 bits per heavy atom. The zero-order chi connectivity index (χ0) is 15.0. The maximum Gasteiger partial charge on any atom is 0.348 e. The van der Waals surface area contributed by atoms with Crippen LogP contribution in [0.1, 0.15) is 31.1 Å². The van der Waals surface area contributed by atoms with Crippen LogP contribution in [0.5, 0.6) is 0 Å². The second-order valence-electron chi connectivity index (χ2n) is 4.29. The molecule has 1 heterocycles. The van der Waals surface area contributed by atoms with E-state index in [0.29, 0.717) is 4.90 Å². The molecule has 6 heteroatoms. The summed E-state index contributed by atoms with van der Waals surface area (Å²) < 4.78 is 4.56. The van der Waals surface area contributed by atoms with Gasteiger partial charge in [0.05, 0.1) is 16.7 Å². The number of esters is 2. The highest BCUT2D eigenvalue weighted by Gasteiger charge is 2.34. The lowest BCUT2D eigenvalue weighted by Gasteiger charge is -2.06. The Kier molecular flexibility index (Phi) is 3.23. The van der Waals surface area contributed by atoms with Gasteiger partial charge in [0.15, 0.2) is 0 Å². The van der Waals surface area contributed by atoms with E-state index in [1.165, 1.54) is 23.9 Å². The number of ether oxygens (including phenoxy) is 1. The van der Waals surface area contributed by atoms with Crippen LogP contribution in [-0.4, -0.2) is 23.0 Å². The SMILES string of the molecule is O=C(O)c1cc(Sc2ccccc2)c2c(c1)C(=O)OC2=O. The lowest BCUT2D eigenvalue weighted by Crippen LogP contribution is -2.02. The summed E-state index contributed by atoms with van der Waals surface area (Å²) in [4.78, 5) is 35.7. The minimum Gasteiger partial charge on any atom is -0.478 e. The van der Waals surface area contributed by atoms with Crippen LogP contribution in [-0.2, 0) is 4.74 Å². The molecule has 0 radical (unpaired) electrons. The topological polar surface area (TPSA) is 80.7 Å². The summed E-state index contributed by atoms with van der Waals surface area (Å²) in [6.45, 7) is 0. The van der Waals surface area contributed by atoms with Gasteiger partial charge in [0.2, 0.25) is 0 Å². The Labute approximate surface area is 123 Å². The van der Waals surface area contributed by atoms with E-state index in [1.807, 2.05) is 30.3 Å². The molecule has 0 saturated heterocycles. The van der Waals surface area contributed by atoms with Crippen molar-refractivity contribution in [3.8, 4) is 0 Å². The van der Waals surface area contributed by atoms with Crippen molar-refractivity contribution in [1.29, 1.82) is 0 Å². The molecule has 0 saturated carbocycles. The zero-order valence-corrected chi connectivity index (χ0v) is 11.3. The Balaban J connectivity index is 2.15. The fourth-order valence-corrected chi connectivity index (χ4v) is 3.03. The van der Waals surface area contributed by atoms with Crippen LogP contribution in [0.2, 0.25) is 0 Å². The maximum absolute atomic E-state index is 11.8. The first-order valence-corrected chi connectivity index (χ1v) is 6.78. The summed E-state index contributed by atoms with van der Waals surface area (Å²) in [6, 6.07) is 11.7. The molecule has 5 nitrogen and oxygen atoms in total. The molecule has 0 fully saturated rings. The van der Waals surface area contributed by atoms with Crippen LogP contribution in [0.3, 0.4) is 0 Å². The van der Waals surface area contributed by atoms with E-state index in [9.17, 15) is 14.4 Å². The van der Waals surface area contributed by atoms with Crippen molar-refractivity contribution in [3.63, 3.8) is 0 Å². The predicted octanol–water partition coefficient (Wildman–Crippen LogP) is 2.85. The average Bonchev–Trinajstić information content (AvgIpc) is 2.75. The van der Waals surface area contributed by atoms with Crippen molar-refractivity contribution in [2.24, 2.45) is 0 Å². The molecule has 0 aromatic heterocycles. The number of aromatic carboxylic acids is 1. The van der Waals surface area contributed by atoms with E-state index in [0.717, 1.165) is 4.90 Å². The second-order valence-corrected chi connectivity index (χ2v) is 5.41. The van der Waals surface area contributed by atoms with Gasteiger partial charge < -0.3 is 9.84 Å². The van der Waals surface area contributed by atoms with Crippen molar-refractivity contribution < 1.29 is 24.2 Å². The van der Waals surface area contributed by atoms with Gasteiger partial charge in [-0.2, -0.15) is 0 Å². The standard InChI is InChI=1S/C15H8O5S/c16-13(17)8-6-10-12(15(19)20-14(10)18)11(7-8)21-9-4-2-1-3-5-9/h1-7H,(H,16,17). The number of hydrogen-bond donors (Lipinski definition) is 1. The van der Waals surface area contributed by atoms with Gasteiger partial charge in [0.25, 0.3) is 0 Å². The van der Waals surface area contributed by atoms with Crippen LogP contribution in [0, 0.1) is 0 Å². The fraction of sp³-hybridized carbons (Fsp3) is 0. The summed E-state index contributed by atoms with van der Waals surface area (Å²) in [6.07, 6.45) is 0. The quantitative estimate of drug-likeness (QED) is 0.693. The van der Waals surface area contributed by atoms with E-state index in [2.05, 4.69) is 4.74 Å². The molecule has 0 bridgehead atoms. The second kappa shape index (κ2) is 5.06. The van der Waals surface area contributed by atoms with Gasteiger partial charge in [-0.3, -0.25) is 0 Å². The molecule has 1 aliphatic heterocycles. The number of carboxylic acids is 1. The van der Waals surface area contributed by atoms with Crippen LogP contribution in [0.25, 0.3) is 0 Å². The summed E-state index contributed by atoms with van der Waals surface area (Å²) in [7, 11) is 0. The summed E-state index contributed by atoms with van der Waals surface area (Å²) in [5.74, 6) is -2.72. The number of cyclic esters (lactones) is 2. The first-order valence-electron chi connectivity index (χ1n) is 5.97. The summed E-state index contributed by atoms with van der Waals surface area (Å²) in [5.41, 5.74) is 0.0658. The fourth-order valence-electron chi connectivity index (χ4n) is 2.00. The van der Waals surface area contributed by atoms with Gasteiger partial charge in [0, 0.05) is 9.79 Å². The molecule has 2 aromatic carbocycles. The van der Waals surface area contributed by atoms with Gasteiger partial charge in [-0.15, -0.1) is 0 Å². The van der Waals surface area contributed by atoms with Crippen LogP contribution in [0.15, 0.2) is 52.3 Å². The molecule has 21 heavy (non-hydrogen) atoms. The van der Waals surface area contributed by atoms with Crippen molar-refractivity contribution >= 4 is 29.7 Å². The average molecular weight is 300 g/mol. The number of hydrogen-bond acceptors (Lipinski definition) is 5. The van der Waals surface area contributed by atoms with Gasteiger partial charge in [-0.25, -0.2) is 14.4 Å². The molecule has 2 aromatic rings. The normalized spacial score (nSPS) is 13.0. The summed E-state index contributed by atoms with van der Waals surface area (Å²) in [5, 5.41) is 9.11. The highest BCUT2D eigenvalue weighted by atomic mass is 32.2. The van der Waals surface area contributed by atoms with Crippen molar-refractivity contribution in [3.05, 3.63) is 59.2 Å². The van der Waals surface area contributed by atoms with Crippen LogP contribution >= 0.6 is 11.8 Å². The molecule has 0 amide bonds. The lowest BCUT2D eigenvalue weighted by atomic mass is 10.1. The molecular weight excluding hydrogens is 292 g/mol. The van der Waals surface area contributed by atoms with E-state index in [-0.39, 0.29) is 16.7 Å². The lowest BCUT2D eigenvalue weighted by molar-refractivity contribution is 0.0442. The Bertz CT molecular complexity index is 767. The summed E-state index contributed by atoms with van der Waals surface area (Å²) >= 11 is 1.21. The van der Waals surface area contributed by atoms with E-state index >= 15 is 0 Å². The molecule has 3 rings (SSSR count). The minimum atomic E-state index is -1.17. The Hall–Kier alpha value is -2.60. The zero-order valence-electron chi connectivity index (χ0n) is 10.5. The van der Waals surface area contributed by atoms with Gasteiger partial charge >= 0.3 is 17.9 Å². The van der Waals surface area contributed by atoms with E-state index in [1.54, 1.807) is 0 Å². The number of rotatable bonds is 3. The monoisotopic (exact) mass is 300 g/mol. The third-order valence-corrected chi connectivity index (χ3v) is 3.98.